The maximum absolute atomic E-state index is 13.1. The number of anilines is 2. The molecule has 24 heavy (non-hydrogen) atoms. The van der Waals surface area contributed by atoms with E-state index in [1.54, 1.807) is 23.9 Å². The highest BCUT2D eigenvalue weighted by Crippen LogP contribution is 2.33. The number of rotatable bonds is 4. The topological polar surface area (TPSA) is 34.0 Å². The number of thioether (sulfide) groups is 1. The smallest absolute Gasteiger partial charge is 0.232 e. The van der Waals surface area contributed by atoms with E-state index >= 15 is 0 Å². The molecule has 0 aliphatic carbocycles. The molecule has 6 heteroatoms. The van der Waals surface area contributed by atoms with Crippen LogP contribution in [0.25, 0.3) is 0 Å². The molecule has 0 spiro atoms. The van der Waals surface area contributed by atoms with Gasteiger partial charge in [-0.15, -0.1) is 10.2 Å². The number of nitrogens with zero attached hydrogens (tertiary/aromatic N) is 4. The van der Waals surface area contributed by atoms with Crippen LogP contribution in [-0.4, -0.2) is 21.3 Å². The van der Waals surface area contributed by atoms with Crippen molar-refractivity contribution in [3.8, 4) is 0 Å². The Hall–Kier alpha value is -2.34. The van der Waals surface area contributed by atoms with Gasteiger partial charge in [-0.2, -0.15) is 0 Å². The number of halogens is 1. The van der Waals surface area contributed by atoms with E-state index in [-0.39, 0.29) is 5.82 Å². The highest BCUT2D eigenvalue weighted by atomic mass is 32.2. The Bertz CT molecular complexity index is 860. The number of fused-ring (bicyclic) bond motifs is 1. The molecule has 0 N–H and O–H groups in total. The predicted molar refractivity (Wildman–Crippen MR) is 94.2 cm³/mol. The van der Waals surface area contributed by atoms with Gasteiger partial charge in [-0.1, -0.05) is 41.6 Å². The number of aryl methyl sites for hydroxylation is 1. The number of hydrogen-bond donors (Lipinski definition) is 0. The summed E-state index contributed by atoms with van der Waals surface area (Å²) in [6.45, 7) is 3.77. The zero-order valence-corrected chi connectivity index (χ0v) is 14.1. The van der Waals surface area contributed by atoms with Gasteiger partial charge in [0.1, 0.15) is 5.82 Å². The lowest BCUT2D eigenvalue weighted by Crippen LogP contribution is -2.14. The molecular weight excluding hydrogens is 323 g/mol. The van der Waals surface area contributed by atoms with Crippen molar-refractivity contribution in [3.63, 3.8) is 0 Å². The highest BCUT2D eigenvalue weighted by molar-refractivity contribution is 7.98. The Kier molecular flexibility index (Phi) is 3.98. The van der Waals surface area contributed by atoms with Crippen LogP contribution in [0.4, 0.5) is 16.0 Å². The van der Waals surface area contributed by atoms with Crippen LogP contribution in [0.15, 0.2) is 53.7 Å². The van der Waals surface area contributed by atoms with E-state index < -0.39 is 0 Å². The quantitative estimate of drug-likeness (QED) is 0.668. The molecule has 2 aromatic carbocycles. The largest absolute Gasteiger partial charge is 0.309 e. The Morgan fingerprint density at radius 1 is 1.08 bits per heavy atom. The second-order valence-electron chi connectivity index (χ2n) is 5.84. The SMILES string of the molecule is Cc1cccc(CSc2nnc3n2CCN3c2ccc(F)cc2)c1. The van der Waals surface area contributed by atoms with Crippen LogP contribution in [0.2, 0.25) is 0 Å². The summed E-state index contributed by atoms with van der Waals surface area (Å²) >= 11 is 1.70. The first-order valence-corrected chi connectivity index (χ1v) is 8.84. The third kappa shape index (κ3) is 2.89. The lowest BCUT2D eigenvalue weighted by atomic mass is 10.2. The van der Waals surface area contributed by atoms with Crippen molar-refractivity contribution in [2.45, 2.75) is 24.4 Å². The number of aromatic nitrogens is 3. The Labute approximate surface area is 144 Å². The summed E-state index contributed by atoms with van der Waals surface area (Å²) in [6, 6.07) is 15.0. The summed E-state index contributed by atoms with van der Waals surface area (Å²) in [7, 11) is 0. The summed E-state index contributed by atoms with van der Waals surface area (Å²) in [6.07, 6.45) is 0. The van der Waals surface area contributed by atoms with Crippen molar-refractivity contribution in [2.75, 3.05) is 11.4 Å². The fourth-order valence-electron chi connectivity index (χ4n) is 2.90. The fourth-order valence-corrected chi connectivity index (χ4v) is 3.80. The van der Waals surface area contributed by atoms with E-state index in [2.05, 4.69) is 50.9 Å². The minimum Gasteiger partial charge on any atom is -0.309 e. The molecule has 1 aromatic heterocycles. The van der Waals surface area contributed by atoms with Gasteiger partial charge >= 0.3 is 0 Å². The molecule has 0 saturated carbocycles. The molecule has 0 saturated heterocycles. The molecule has 2 heterocycles. The van der Waals surface area contributed by atoms with E-state index in [0.717, 1.165) is 35.6 Å². The van der Waals surface area contributed by atoms with Gasteiger partial charge < -0.3 is 4.90 Å². The highest BCUT2D eigenvalue weighted by Gasteiger charge is 2.25. The van der Waals surface area contributed by atoms with Crippen LogP contribution in [-0.2, 0) is 12.3 Å². The van der Waals surface area contributed by atoms with Gasteiger partial charge in [0.15, 0.2) is 5.16 Å². The van der Waals surface area contributed by atoms with Gasteiger partial charge in [-0.05, 0) is 36.8 Å². The minimum absolute atomic E-state index is 0.228. The van der Waals surface area contributed by atoms with Crippen LogP contribution in [0.5, 0.6) is 0 Å². The molecule has 0 fully saturated rings. The summed E-state index contributed by atoms with van der Waals surface area (Å²) in [5.41, 5.74) is 3.49. The van der Waals surface area contributed by atoms with Crippen LogP contribution < -0.4 is 4.90 Å². The van der Waals surface area contributed by atoms with Gasteiger partial charge in [0, 0.05) is 24.5 Å². The van der Waals surface area contributed by atoms with Gasteiger partial charge in [0.05, 0.1) is 0 Å². The minimum atomic E-state index is -0.228. The Morgan fingerprint density at radius 2 is 1.92 bits per heavy atom. The van der Waals surface area contributed by atoms with Crippen LogP contribution in [0.1, 0.15) is 11.1 Å². The second-order valence-corrected chi connectivity index (χ2v) is 6.78. The van der Waals surface area contributed by atoms with Crippen LogP contribution in [0.3, 0.4) is 0 Å². The molecule has 0 bridgehead atoms. The Balaban J connectivity index is 1.52. The zero-order valence-electron chi connectivity index (χ0n) is 13.3. The van der Waals surface area contributed by atoms with Crippen molar-refractivity contribution in [2.24, 2.45) is 0 Å². The van der Waals surface area contributed by atoms with Crippen LogP contribution in [0, 0.1) is 12.7 Å². The van der Waals surface area contributed by atoms with Crippen molar-refractivity contribution in [3.05, 3.63) is 65.5 Å². The maximum atomic E-state index is 13.1. The maximum Gasteiger partial charge on any atom is 0.232 e. The molecule has 0 amide bonds. The van der Waals surface area contributed by atoms with Gasteiger partial charge in [0.25, 0.3) is 0 Å². The van der Waals surface area contributed by atoms with Crippen molar-refractivity contribution in [1.82, 2.24) is 14.8 Å². The van der Waals surface area contributed by atoms with Crippen molar-refractivity contribution >= 4 is 23.4 Å². The van der Waals surface area contributed by atoms with E-state index in [0.29, 0.717) is 0 Å². The van der Waals surface area contributed by atoms with Crippen LogP contribution >= 0.6 is 11.8 Å². The first-order valence-electron chi connectivity index (χ1n) is 7.85. The Morgan fingerprint density at radius 3 is 2.71 bits per heavy atom. The van der Waals surface area contributed by atoms with E-state index in [4.69, 9.17) is 0 Å². The van der Waals surface area contributed by atoms with Gasteiger partial charge in [-0.25, -0.2) is 4.39 Å². The average Bonchev–Trinajstić information content (AvgIpc) is 3.16. The van der Waals surface area contributed by atoms with Gasteiger partial charge in [0.2, 0.25) is 5.95 Å². The lowest BCUT2D eigenvalue weighted by Gasteiger charge is -2.14. The zero-order chi connectivity index (χ0) is 16.5. The molecule has 0 radical (unpaired) electrons. The van der Waals surface area contributed by atoms with E-state index in [1.807, 2.05) is 0 Å². The molecular formula is C18H17FN4S. The molecule has 4 rings (SSSR count). The average molecular weight is 340 g/mol. The molecule has 1 aliphatic heterocycles. The first kappa shape index (κ1) is 15.2. The standard InChI is InChI=1S/C18H17FN4S/c1-13-3-2-4-14(11-13)12-24-18-21-20-17-22(9-10-23(17)18)16-7-5-15(19)6-8-16/h2-8,11H,9-10,12H2,1H3. The fraction of sp³-hybridized carbons (Fsp3) is 0.222. The molecule has 3 aromatic rings. The monoisotopic (exact) mass is 340 g/mol. The third-order valence-corrected chi connectivity index (χ3v) is 5.11. The molecule has 0 atom stereocenters. The molecule has 1 aliphatic rings. The molecule has 4 nitrogen and oxygen atoms in total. The summed E-state index contributed by atoms with van der Waals surface area (Å²) in [5, 5.41) is 9.59. The summed E-state index contributed by atoms with van der Waals surface area (Å²) < 4.78 is 15.2. The number of benzene rings is 2. The third-order valence-electron chi connectivity index (χ3n) is 4.07. The number of hydrogen-bond acceptors (Lipinski definition) is 4. The van der Waals surface area contributed by atoms with Crippen molar-refractivity contribution in [1.29, 1.82) is 0 Å². The first-order chi connectivity index (χ1) is 11.7. The van der Waals surface area contributed by atoms with Gasteiger partial charge in [-0.3, -0.25) is 4.57 Å². The molecule has 122 valence electrons. The molecule has 0 unspecified atom stereocenters. The normalized spacial score (nSPS) is 13.3. The second kappa shape index (κ2) is 6.28. The lowest BCUT2D eigenvalue weighted by molar-refractivity contribution is 0.627. The van der Waals surface area contributed by atoms with E-state index in [9.17, 15) is 4.39 Å². The predicted octanol–water partition coefficient (Wildman–Crippen LogP) is 4.17. The summed E-state index contributed by atoms with van der Waals surface area (Å²) in [5.74, 6) is 1.47. The van der Waals surface area contributed by atoms with Crippen molar-refractivity contribution < 1.29 is 4.39 Å². The van der Waals surface area contributed by atoms with E-state index in [1.165, 1.54) is 23.3 Å². The summed E-state index contributed by atoms with van der Waals surface area (Å²) in [4.78, 5) is 2.07.